The van der Waals surface area contributed by atoms with E-state index in [0.29, 0.717) is 0 Å². The Hall–Kier alpha value is -1.55. The van der Waals surface area contributed by atoms with E-state index >= 15 is 0 Å². The summed E-state index contributed by atoms with van der Waals surface area (Å²) in [5.74, 6) is -1.56. The fourth-order valence-electron chi connectivity index (χ4n) is 1.18. The third-order valence-electron chi connectivity index (χ3n) is 2.17. The minimum absolute atomic E-state index is 0.0283. The van der Waals surface area contributed by atoms with Crippen LogP contribution < -0.4 is 0 Å². The van der Waals surface area contributed by atoms with Crippen molar-refractivity contribution in [3.63, 3.8) is 0 Å². The second-order valence-corrected chi connectivity index (χ2v) is 3.24. The fraction of sp³-hybridized carbons (Fsp3) is 0.300. The highest BCUT2D eigenvalue weighted by atomic mass is 16.4. The first-order chi connectivity index (χ1) is 6.43. The second kappa shape index (κ2) is 3.67. The van der Waals surface area contributed by atoms with Gasteiger partial charge in [0.1, 0.15) is 5.75 Å². The number of benzene rings is 1. The van der Waals surface area contributed by atoms with Crippen molar-refractivity contribution in [2.45, 2.75) is 20.0 Å². The number of rotatable bonds is 2. The Labute approximate surface area is 81.4 Å². The Kier molecular flexibility index (Phi) is 2.76. The molecule has 0 saturated heterocycles. The van der Waals surface area contributed by atoms with Crippen LogP contribution in [-0.4, -0.2) is 21.3 Å². The van der Waals surface area contributed by atoms with Crippen LogP contribution in [-0.2, 0) is 4.79 Å². The number of aromatic hydroxyl groups is 1. The van der Waals surface area contributed by atoms with Crippen LogP contribution in [0.1, 0.15) is 22.8 Å². The number of carbonyl (C=O) groups is 1. The molecule has 1 aromatic carbocycles. The van der Waals surface area contributed by atoms with Crippen LogP contribution in [0.15, 0.2) is 12.1 Å². The van der Waals surface area contributed by atoms with Gasteiger partial charge in [-0.25, -0.2) is 4.79 Å². The van der Waals surface area contributed by atoms with Crippen molar-refractivity contribution in [1.82, 2.24) is 0 Å². The summed E-state index contributed by atoms with van der Waals surface area (Å²) < 4.78 is 0. The van der Waals surface area contributed by atoms with Gasteiger partial charge in [0.2, 0.25) is 0 Å². The van der Waals surface area contributed by atoms with Crippen LogP contribution in [0.4, 0.5) is 0 Å². The molecule has 1 atom stereocenters. The number of aryl methyl sites for hydroxylation is 2. The van der Waals surface area contributed by atoms with Crippen molar-refractivity contribution in [3.8, 4) is 5.75 Å². The Bertz CT molecular complexity index is 371. The third kappa shape index (κ3) is 1.85. The summed E-state index contributed by atoms with van der Waals surface area (Å²) in [5, 5.41) is 27.2. The molecule has 0 radical (unpaired) electrons. The van der Waals surface area contributed by atoms with E-state index in [4.69, 9.17) is 5.11 Å². The van der Waals surface area contributed by atoms with Crippen LogP contribution in [0.3, 0.4) is 0 Å². The SMILES string of the molecule is Cc1cc(O)c(C(O)C(=O)O)cc1C. The summed E-state index contributed by atoms with van der Waals surface area (Å²) in [4.78, 5) is 10.5. The molecule has 0 saturated carbocycles. The average Bonchev–Trinajstić information content (AvgIpc) is 2.10. The van der Waals surface area contributed by atoms with Crippen molar-refractivity contribution < 1.29 is 20.1 Å². The molecular formula is C10H12O4. The van der Waals surface area contributed by atoms with Gasteiger partial charge in [0.25, 0.3) is 0 Å². The standard InChI is InChI=1S/C10H12O4/c1-5-3-7(9(12)10(13)14)8(11)4-6(5)2/h3-4,9,11-12H,1-2H3,(H,13,14). The normalized spacial score (nSPS) is 12.5. The van der Waals surface area contributed by atoms with Gasteiger partial charge in [-0.3, -0.25) is 0 Å². The minimum atomic E-state index is -1.67. The Morgan fingerprint density at radius 2 is 1.79 bits per heavy atom. The summed E-state index contributed by atoms with van der Waals surface area (Å²) in [6, 6.07) is 2.92. The molecule has 0 fully saturated rings. The van der Waals surface area contributed by atoms with Crippen molar-refractivity contribution in [2.24, 2.45) is 0 Å². The van der Waals surface area contributed by atoms with E-state index < -0.39 is 12.1 Å². The first-order valence-corrected chi connectivity index (χ1v) is 4.14. The molecule has 0 heterocycles. The number of hydrogen-bond acceptors (Lipinski definition) is 3. The van der Waals surface area contributed by atoms with Gasteiger partial charge in [0.15, 0.2) is 6.10 Å². The largest absolute Gasteiger partial charge is 0.508 e. The van der Waals surface area contributed by atoms with Gasteiger partial charge in [-0.1, -0.05) is 0 Å². The second-order valence-electron chi connectivity index (χ2n) is 3.24. The molecule has 0 aliphatic heterocycles. The zero-order chi connectivity index (χ0) is 10.9. The lowest BCUT2D eigenvalue weighted by molar-refractivity contribution is -0.147. The van der Waals surface area contributed by atoms with Crippen molar-refractivity contribution >= 4 is 5.97 Å². The zero-order valence-electron chi connectivity index (χ0n) is 7.98. The maximum atomic E-state index is 10.5. The van der Waals surface area contributed by atoms with E-state index in [9.17, 15) is 15.0 Å². The lowest BCUT2D eigenvalue weighted by Crippen LogP contribution is -2.11. The minimum Gasteiger partial charge on any atom is -0.508 e. The van der Waals surface area contributed by atoms with E-state index in [-0.39, 0.29) is 11.3 Å². The summed E-state index contributed by atoms with van der Waals surface area (Å²) in [6.45, 7) is 3.58. The van der Waals surface area contributed by atoms with Gasteiger partial charge in [-0.05, 0) is 37.1 Å². The Morgan fingerprint density at radius 3 is 2.29 bits per heavy atom. The van der Waals surface area contributed by atoms with E-state index in [0.717, 1.165) is 11.1 Å². The number of aliphatic hydroxyl groups is 1. The smallest absolute Gasteiger partial charge is 0.337 e. The summed E-state index contributed by atoms with van der Waals surface area (Å²) in [7, 11) is 0. The quantitative estimate of drug-likeness (QED) is 0.662. The lowest BCUT2D eigenvalue weighted by atomic mass is 10.0. The molecule has 4 nitrogen and oxygen atoms in total. The van der Waals surface area contributed by atoms with E-state index in [1.54, 1.807) is 13.8 Å². The van der Waals surface area contributed by atoms with Crippen molar-refractivity contribution in [2.75, 3.05) is 0 Å². The highest BCUT2D eigenvalue weighted by Crippen LogP contribution is 2.27. The van der Waals surface area contributed by atoms with E-state index in [1.807, 2.05) is 0 Å². The highest BCUT2D eigenvalue weighted by molar-refractivity contribution is 5.75. The molecule has 76 valence electrons. The molecule has 0 bridgehead atoms. The molecule has 14 heavy (non-hydrogen) atoms. The summed E-state index contributed by atoms with van der Waals surface area (Å²) in [5.41, 5.74) is 1.71. The first-order valence-electron chi connectivity index (χ1n) is 4.14. The van der Waals surface area contributed by atoms with Gasteiger partial charge in [-0.2, -0.15) is 0 Å². The summed E-state index contributed by atoms with van der Waals surface area (Å²) in [6.07, 6.45) is -1.67. The van der Waals surface area contributed by atoms with E-state index in [2.05, 4.69) is 0 Å². The van der Waals surface area contributed by atoms with E-state index in [1.165, 1.54) is 12.1 Å². The number of carboxylic acids is 1. The molecular weight excluding hydrogens is 184 g/mol. The van der Waals surface area contributed by atoms with Gasteiger partial charge >= 0.3 is 5.97 Å². The third-order valence-corrected chi connectivity index (χ3v) is 2.17. The van der Waals surface area contributed by atoms with Gasteiger partial charge < -0.3 is 15.3 Å². The van der Waals surface area contributed by atoms with Crippen LogP contribution >= 0.6 is 0 Å². The fourth-order valence-corrected chi connectivity index (χ4v) is 1.18. The molecule has 1 rings (SSSR count). The Balaban J connectivity index is 3.22. The first kappa shape index (κ1) is 10.5. The van der Waals surface area contributed by atoms with Crippen LogP contribution in [0.2, 0.25) is 0 Å². The number of aliphatic carboxylic acids is 1. The van der Waals surface area contributed by atoms with Crippen LogP contribution in [0, 0.1) is 13.8 Å². The lowest BCUT2D eigenvalue weighted by Gasteiger charge is -2.10. The molecule has 1 aromatic rings. The van der Waals surface area contributed by atoms with Gasteiger partial charge in [-0.15, -0.1) is 0 Å². The molecule has 0 aliphatic rings. The van der Waals surface area contributed by atoms with Crippen molar-refractivity contribution in [3.05, 3.63) is 28.8 Å². The molecule has 3 N–H and O–H groups in total. The molecule has 0 amide bonds. The Morgan fingerprint density at radius 1 is 1.29 bits per heavy atom. The maximum absolute atomic E-state index is 10.5. The van der Waals surface area contributed by atoms with Crippen LogP contribution in [0.25, 0.3) is 0 Å². The zero-order valence-corrected chi connectivity index (χ0v) is 7.98. The number of aliphatic hydroxyl groups excluding tert-OH is 1. The molecule has 0 aliphatic carbocycles. The monoisotopic (exact) mass is 196 g/mol. The average molecular weight is 196 g/mol. The molecule has 4 heteroatoms. The molecule has 0 aromatic heterocycles. The van der Waals surface area contributed by atoms with Gasteiger partial charge in [0.05, 0.1) is 0 Å². The van der Waals surface area contributed by atoms with Crippen molar-refractivity contribution in [1.29, 1.82) is 0 Å². The number of carboxylic acid groups (broad SMARTS) is 1. The number of phenolic OH excluding ortho intramolecular Hbond substituents is 1. The highest BCUT2D eigenvalue weighted by Gasteiger charge is 2.20. The molecule has 0 spiro atoms. The number of phenols is 1. The molecule has 1 unspecified atom stereocenters. The van der Waals surface area contributed by atoms with Gasteiger partial charge in [0, 0.05) is 5.56 Å². The summed E-state index contributed by atoms with van der Waals surface area (Å²) >= 11 is 0. The number of hydrogen-bond donors (Lipinski definition) is 3. The van der Waals surface area contributed by atoms with Crippen LogP contribution in [0.5, 0.6) is 5.75 Å². The maximum Gasteiger partial charge on any atom is 0.337 e. The predicted octanol–water partition coefficient (Wildman–Crippen LogP) is 1.13. The predicted molar refractivity (Wildman–Crippen MR) is 50.2 cm³/mol. The topological polar surface area (TPSA) is 77.8 Å².